The summed E-state index contributed by atoms with van der Waals surface area (Å²) in [5.41, 5.74) is 1.32. The maximum Gasteiger partial charge on any atom is 0.0431 e. The van der Waals surface area contributed by atoms with Gasteiger partial charge >= 0.3 is 0 Å². The normalized spacial score (nSPS) is 10.2. The highest BCUT2D eigenvalue weighted by Gasteiger charge is 1.96. The van der Waals surface area contributed by atoms with Gasteiger partial charge in [-0.15, -0.1) is 0 Å². The van der Waals surface area contributed by atoms with Gasteiger partial charge in [0.25, 0.3) is 0 Å². The third-order valence-electron chi connectivity index (χ3n) is 1.81. The first kappa shape index (κ1) is 9.75. The average Bonchev–Trinajstić information content (AvgIpc) is 2.09. The molecule has 0 radical (unpaired) electrons. The number of hydrogen-bond acceptors (Lipinski definition) is 1. The summed E-state index contributed by atoms with van der Waals surface area (Å²) in [7, 11) is 0. The number of aryl methyl sites for hydroxylation is 1. The molecule has 0 atom stereocenters. The number of rotatable bonds is 4. The molecule has 0 heterocycles. The van der Waals surface area contributed by atoms with E-state index in [0.29, 0.717) is 6.61 Å². The van der Waals surface area contributed by atoms with E-state index >= 15 is 0 Å². The van der Waals surface area contributed by atoms with Crippen molar-refractivity contribution in [2.24, 2.45) is 0 Å². The molecule has 1 nitrogen and oxygen atoms in total. The van der Waals surface area contributed by atoms with E-state index in [4.69, 9.17) is 5.11 Å². The van der Waals surface area contributed by atoms with E-state index in [0.717, 1.165) is 19.3 Å². The summed E-state index contributed by atoms with van der Waals surface area (Å²) in [6.07, 6.45) is 2.99. The first-order valence-corrected chi connectivity index (χ1v) is 4.98. The largest absolute Gasteiger partial charge is 0.396 e. The Morgan fingerprint density at radius 1 is 1.17 bits per heavy atom. The van der Waals surface area contributed by atoms with Gasteiger partial charge in [-0.1, -0.05) is 34.1 Å². The zero-order valence-electron chi connectivity index (χ0n) is 6.96. The Morgan fingerprint density at radius 3 is 2.58 bits per heavy atom. The number of halogens is 1. The van der Waals surface area contributed by atoms with Gasteiger partial charge < -0.3 is 5.11 Å². The van der Waals surface area contributed by atoms with Crippen LogP contribution in [0.4, 0.5) is 0 Å². The lowest BCUT2D eigenvalue weighted by Crippen LogP contribution is -1.89. The summed E-state index contributed by atoms with van der Waals surface area (Å²) < 4.78 is 1.17. The van der Waals surface area contributed by atoms with E-state index in [9.17, 15) is 0 Å². The molecule has 1 rings (SSSR count). The summed E-state index contributed by atoms with van der Waals surface area (Å²) in [6.45, 7) is 0.296. The van der Waals surface area contributed by atoms with Gasteiger partial charge in [-0.25, -0.2) is 0 Å². The van der Waals surface area contributed by atoms with Gasteiger partial charge in [0.15, 0.2) is 0 Å². The van der Waals surface area contributed by atoms with Crippen molar-refractivity contribution < 1.29 is 5.11 Å². The smallest absolute Gasteiger partial charge is 0.0431 e. The summed E-state index contributed by atoms with van der Waals surface area (Å²) in [5.74, 6) is 0. The Hall–Kier alpha value is -0.340. The second kappa shape index (κ2) is 5.33. The number of benzene rings is 1. The van der Waals surface area contributed by atoms with E-state index in [1.54, 1.807) is 0 Å². The lowest BCUT2D eigenvalue weighted by Gasteiger charge is -2.02. The van der Waals surface area contributed by atoms with Gasteiger partial charge in [0.05, 0.1) is 0 Å². The van der Waals surface area contributed by atoms with Gasteiger partial charge in [-0.05, 0) is 30.9 Å². The molecular weight excluding hydrogens is 216 g/mol. The molecule has 0 unspecified atom stereocenters. The Labute approximate surface area is 81.6 Å². The average molecular weight is 229 g/mol. The van der Waals surface area contributed by atoms with Crippen LogP contribution in [0.3, 0.4) is 0 Å². The maximum atomic E-state index is 8.60. The standard InChI is InChI=1S/C10H13BrO/c11-10-7-2-1-5-9(10)6-3-4-8-12/h1-2,5,7,12H,3-4,6,8H2. The van der Waals surface area contributed by atoms with Crippen LogP contribution in [0.5, 0.6) is 0 Å². The van der Waals surface area contributed by atoms with Crippen LogP contribution >= 0.6 is 15.9 Å². The van der Waals surface area contributed by atoms with E-state index in [2.05, 4.69) is 22.0 Å². The second-order valence-corrected chi connectivity index (χ2v) is 3.63. The summed E-state index contributed by atoms with van der Waals surface area (Å²) in [4.78, 5) is 0. The van der Waals surface area contributed by atoms with Gasteiger partial charge in [-0.2, -0.15) is 0 Å². The molecule has 66 valence electrons. The number of unbranched alkanes of at least 4 members (excludes halogenated alkanes) is 1. The van der Waals surface area contributed by atoms with Crippen LogP contribution in [0.15, 0.2) is 28.7 Å². The highest BCUT2D eigenvalue weighted by molar-refractivity contribution is 9.10. The molecule has 0 amide bonds. The van der Waals surface area contributed by atoms with E-state index in [1.807, 2.05) is 18.2 Å². The third kappa shape index (κ3) is 2.95. The van der Waals surface area contributed by atoms with Crippen molar-refractivity contribution in [3.63, 3.8) is 0 Å². The second-order valence-electron chi connectivity index (χ2n) is 2.77. The van der Waals surface area contributed by atoms with Gasteiger partial charge in [0.1, 0.15) is 0 Å². The molecule has 0 aromatic heterocycles. The van der Waals surface area contributed by atoms with Crippen molar-refractivity contribution >= 4 is 15.9 Å². The molecule has 0 bridgehead atoms. The zero-order chi connectivity index (χ0) is 8.81. The third-order valence-corrected chi connectivity index (χ3v) is 2.59. The SMILES string of the molecule is OCCCCc1ccccc1Br. The molecule has 2 heteroatoms. The molecule has 12 heavy (non-hydrogen) atoms. The van der Waals surface area contributed by atoms with Gasteiger partial charge in [0.2, 0.25) is 0 Å². The summed E-state index contributed by atoms with van der Waals surface area (Å²) in [5, 5.41) is 8.60. The van der Waals surface area contributed by atoms with Gasteiger partial charge in [0, 0.05) is 11.1 Å². The van der Waals surface area contributed by atoms with E-state index in [-0.39, 0.29) is 0 Å². The number of hydrogen-bond donors (Lipinski definition) is 1. The molecule has 1 aromatic rings. The predicted molar refractivity (Wildman–Crippen MR) is 54.2 cm³/mol. The zero-order valence-corrected chi connectivity index (χ0v) is 8.55. The van der Waals surface area contributed by atoms with Crippen LogP contribution in [0.2, 0.25) is 0 Å². The predicted octanol–water partition coefficient (Wildman–Crippen LogP) is 2.76. The first-order valence-electron chi connectivity index (χ1n) is 4.19. The van der Waals surface area contributed by atoms with Crippen LogP contribution in [0.25, 0.3) is 0 Å². The van der Waals surface area contributed by atoms with Crippen molar-refractivity contribution in [2.45, 2.75) is 19.3 Å². The molecule has 0 aliphatic rings. The fourth-order valence-electron chi connectivity index (χ4n) is 1.13. The summed E-state index contributed by atoms with van der Waals surface area (Å²) >= 11 is 3.49. The number of aliphatic hydroxyl groups excluding tert-OH is 1. The van der Waals surface area contributed by atoms with E-state index in [1.165, 1.54) is 10.0 Å². The van der Waals surface area contributed by atoms with Crippen molar-refractivity contribution in [1.82, 2.24) is 0 Å². The van der Waals surface area contributed by atoms with Gasteiger partial charge in [-0.3, -0.25) is 0 Å². The van der Waals surface area contributed by atoms with Crippen LogP contribution in [0, 0.1) is 0 Å². The van der Waals surface area contributed by atoms with Crippen molar-refractivity contribution in [3.8, 4) is 0 Å². The molecule has 1 N–H and O–H groups in total. The quantitative estimate of drug-likeness (QED) is 0.787. The molecule has 0 saturated heterocycles. The highest BCUT2D eigenvalue weighted by atomic mass is 79.9. The molecular formula is C10H13BrO. The van der Waals surface area contributed by atoms with Crippen molar-refractivity contribution in [3.05, 3.63) is 34.3 Å². The molecule has 0 saturated carbocycles. The first-order chi connectivity index (χ1) is 5.84. The lowest BCUT2D eigenvalue weighted by molar-refractivity contribution is 0.284. The van der Waals surface area contributed by atoms with Crippen LogP contribution in [0.1, 0.15) is 18.4 Å². The Morgan fingerprint density at radius 2 is 1.92 bits per heavy atom. The van der Waals surface area contributed by atoms with E-state index < -0.39 is 0 Å². The fraction of sp³-hybridized carbons (Fsp3) is 0.400. The fourth-order valence-corrected chi connectivity index (χ4v) is 1.61. The Bertz CT molecular complexity index is 235. The highest BCUT2D eigenvalue weighted by Crippen LogP contribution is 2.17. The minimum absolute atomic E-state index is 0.296. The Balaban J connectivity index is 2.46. The minimum atomic E-state index is 0.296. The van der Waals surface area contributed by atoms with Crippen molar-refractivity contribution in [1.29, 1.82) is 0 Å². The number of aliphatic hydroxyl groups is 1. The van der Waals surface area contributed by atoms with Crippen LogP contribution < -0.4 is 0 Å². The van der Waals surface area contributed by atoms with Crippen molar-refractivity contribution in [2.75, 3.05) is 6.61 Å². The summed E-state index contributed by atoms with van der Waals surface area (Å²) in [6, 6.07) is 8.22. The molecule has 0 fully saturated rings. The maximum absolute atomic E-state index is 8.60. The Kier molecular flexibility index (Phi) is 4.33. The van der Waals surface area contributed by atoms with Crippen LogP contribution in [-0.2, 0) is 6.42 Å². The molecule has 0 aliphatic heterocycles. The monoisotopic (exact) mass is 228 g/mol. The minimum Gasteiger partial charge on any atom is -0.396 e. The topological polar surface area (TPSA) is 20.2 Å². The molecule has 1 aromatic carbocycles. The molecule has 0 aliphatic carbocycles. The molecule has 0 spiro atoms. The lowest BCUT2D eigenvalue weighted by atomic mass is 10.1. The van der Waals surface area contributed by atoms with Crippen LogP contribution in [-0.4, -0.2) is 11.7 Å².